The highest BCUT2D eigenvalue weighted by Gasteiger charge is 2.14. The van der Waals surface area contributed by atoms with E-state index in [1.54, 1.807) is 18.4 Å². The van der Waals surface area contributed by atoms with Crippen molar-refractivity contribution in [3.8, 4) is 0 Å². The number of aryl methyl sites for hydroxylation is 2. The molecule has 0 amide bonds. The monoisotopic (exact) mass is 345 g/mol. The van der Waals surface area contributed by atoms with Gasteiger partial charge in [0.1, 0.15) is 5.01 Å². The molecular formula is C18H27N5S. The average molecular weight is 346 g/mol. The van der Waals surface area contributed by atoms with Gasteiger partial charge in [-0.3, -0.25) is 4.99 Å². The van der Waals surface area contributed by atoms with Gasteiger partial charge in [0.2, 0.25) is 0 Å². The van der Waals surface area contributed by atoms with Crippen molar-refractivity contribution in [3.05, 3.63) is 51.5 Å². The van der Waals surface area contributed by atoms with E-state index in [1.165, 1.54) is 16.0 Å². The molecule has 0 aliphatic rings. The van der Waals surface area contributed by atoms with Gasteiger partial charge in [-0.25, -0.2) is 4.98 Å². The summed E-state index contributed by atoms with van der Waals surface area (Å²) in [6.07, 6.45) is 1.90. The van der Waals surface area contributed by atoms with Gasteiger partial charge in [-0.2, -0.15) is 0 Å². The van der Waals surface area contributed by atoms with Gasteiger partial charge in [0.05, 0.1) is 12.6 Å². The Hall–Kier alpha value is -1.92. The molecule has 24 heavy (non-hydrogen) atoms. The normalized spacial score (nSPS) is 13.2. The zero-order chi connectivity index (χ0) is 17.5. The number of hydrogen-bond donors (Lipinski definition) is 2. The Balaban J connectivity index is 1.93. The van der Waals surface area contributed by atoms with Gasteiger partial charge in [-0.15, -0.1) is 11.3 Å². The van der Waals surface area contributed by atoms with Crippen molar-refractivity contribution in [3.63, 3.8) is 0 Å². The molecule has 2 aromatic rings. The second-order valence-electron chi connectivity index (χ2n) is 6.06. The molecular weight excluding hydrogens is 318 g/mol. The molecule has 5 nitrogen and oxygen atoms in total. The lowest BCUT2D eigenvalue weighted by Crippen LogP contribution is -2.41. The lowest BCUT2D eigenvalue weighted by atomic mass is 10.0. The van der Waals surface area contributed by atoms with E-state index in [4.69, 9.17) is 0 Å². The average Bonchev–Trinajstić information content (AvgIpc) is 2.97. The van der Waals surface area contributed by atoms with Gasteiger partial charge < -0.3 is 15.5 Å². The van der Waals surface area contributed by atoms with Crippen LogP contribution in [0.2, 0.25) is 0 Å². The number of likely N-dealkylation sites (N-methyl/N-ethyl adjacent to an activating group) is 1. The quantitative estimate of drug-likeness (QED) is 0.624. The van der Waals surface area contributed by atoms with Crippen LogP contribution >= 0.6 is 11.3 Å². The Morgan fingerprint density at radius 2 is 1.92 bits per heavy atom. The van der Waals surface area contributed by atoms with Crippen molar-refractivity contribution in [2.24, 2.45) is 4.99 Å². The number of guanidine groups is 1. The first-order chi connectivity index (χ1) is 11.5. The Morgan fingerprint density at radius 1 is 1.21 bits per heavy atom. The van der Waals surface area contributed by atoms with Gasteiger partial charge in [0, 0.05) is 24.7 Å². The maximum atomic E-state index is 4.37. The topological polar surface area (TPSA) is 52.6 Å². The minimum absolute atomic E-state index is 0.284. The molecule has 6 heteroatoms. The van der Waals surface area contributed by atoms with E-state index < -0.39 is 0 Å². The molecule has 0 aliphatic heterocycles. The van der Waals surface area contributed by atoms with E-state index in [9.17, 15) is 0 Å². The molecule has 0 spiro atoms. The minimum atomic E-state index is 0.284. The molecule has 0 radical (unpaired) electrons. The fraction of sp³-hybridized carbons (Fsp3) is 0.444. The molecule has 2 N–H and O–H groups in total. The third kappa shape index (κ3) is 5.32. The highest BCUT2D eigenvalue weighted by atomic mass is 32.1. The molecule has 0 bridgehead atoms. The van der Waals surface area contributed by atoms with Gasteiger partial charge in [0.15, 0.2) is 5.96 Å². The van der Waals surface area contributed by atoms with E-state index in [1.807, 2.05) is 6.20 Å². The Kier molecular flexibility index (Phi) is 6.75. The van der Waals surface area contributed by atoms with Crippen LogP contribution in [-0.4, -0.2) is 43.5 Å². The number of benzene rings is 1. The van der Waals surface area contributed by atoms with Crippen molar-refractivity contribution >= 4 is 17.3 Å². The lowest BCUT2D eigenvalue weighted by Gasteiger charge is -2.26. The first-order valence-electron chi connectivity index (χ1n) is 8.08. The van der Waals surface area contributed by atoms with Crippen LogP contribution in [0.3, 0.4) is 0 Å². The van der Waals surface area contributed by atoms with Crippen molar-refractivity contribution in [2.75, 3.05) is 27.7 Å². The van der Waals surface area contributed by atoms with E-state index in [0.717, 1.165) is 17.5 Å². The zero-order valence-electron chi connectivity index (χ0n) is 15.1. The predicted octanol–water partition coefficient (Wildman–Crippen LogP) is 2.73. The maximum absolute atomic E-state index is 4.37. The predicted molar refractivity (Wildman–Crippen MR) is 103 cm³/mol. The maximum Gasteiger partial charge on any atom is 0.191 e. The number of aliphatic imine (C=N–C) groups is 1. The number of hydrogen-bond acceptors (Lipinski definition) is 4. The first-order valence-corrected chi connectivity index (χ1v) is 8.90. The largest absolute Gasteiger partial charge is 0.354 e. The SMILES string of the molecule is CN=C(NCc1ncc(C)s1)NCC(c1ccc(C)cc1)N(C)C. The van der Waals surface area contributed by atoms with Crippen molar-refractivity contribution in [1.82, 2.24) is 20.5 Å². The third-order valence-corrected chi connectivity index (χ3v) is 4.76. The first kappa shape index (κ1) is 18.4. The van der Waals surface area contributed by atoms with Crippen molar-refractivity contribution in [2.45, 2.75) is 26.4 Å². The number of thiazole rings is 1. The number of nitrogens with one attached hydrogen (secondary N) is 2. The minimum Gasteiger partial charge on any atom is -0.354 e. The van der Waals surface area contributed by atoms with Crippen LogP contribution in [0.5, 0.6) is 0 Å². The number of aromatic nitrogens is 1. The standard InChI is InChI=1S/C18H27N5S/c1-13-6-8-15(9-7-13)16(23(4)5)11-21-18(19-3)22-12-17-20-10-14(2)24-17/h6-10,16H,11-12H2,1-5H3,(H2,19,21,22). The molecule has 0 fully saturated rings. The molecule has 1 atom stereocenters. The Morgan fingerprint density at radius 3 is 2.46 bits per heavy atom. The molecule has 130 valence electrons. The zero-order valence-corrected chi connectivity index (χ0v) is 15.9. The van der Waals surface area contributed by atoms with E-state index in [-0.39, 0.29) is 6.04 Å². The smallest absolute Gasteiger partial charge is 0.191 e. The molecule has 1 aromatic heterocycles. The summed E-state index contributed by atoms with van der Waals surface area (Å²) >= 11 is 1.70. The van der Waals surface area contributed by atoms with E-state index >= 15 is 0 Å². The summed E-state index contributed by atoms with van der Waals surface area (Å²) in [4.78, 5) is 12.1. The van der Waals surface area contributed by atoms with Crippen LogP contribution in [0, 0.1) is 13.8 Å². The van der Waals surface area contributed by atoms with Crippen LogP contribution in [-0.2, 0) is 6.54 Å². The van der Waals surface area contributed by atoms with Crippen LogP contribution in [0.1, 0.15) is 27.1 Å². The number of nitrogens with zero attached hydrogens (tertiary/aromatic N) is 3. The second kappa shape index (κ2) is 8.80. The lowest BCUT2D eigenvalue weighted by molar-refractivity contribution is 0.298. The summed E-state index contributed by atoms with van der Waals surface area (Å²) in [6.45, 7) is 5.65. The van der Waals surface area contributed by atoms with Crippen LogP contribution in [0.15, 0.2) is 35.5 Å². The summed E-state index contributed by atoms with van der Waals surface area (Å²) in [5, 5.41) is 7.80. The molecule has 0 saturated carbocycles. The summed E-state index contributed by atoms with van der Waals surface area (Å²) in [5.41, 5.74) is 2.57. The fourth-order valence-corrected chi connectivity index (χ4v) is 3.17. The highest BCUT2D eigenvalue weighted by molar-refractivity contribution is 7.11. The van der Waals surface area contributed by atoms with Crippen molar-refractivity contribution in [1.29, 1.82) is 0 Å². The third-order valence-electron chi connectivity index (χ3n) is 3.85. The van der Waals surface area contributed by atoms with Gasteiger partial charge in [-0.05, 0) is 33.5 Å². The Labute approximate surface area is 148 Å². The van der Waals surface area contributed by atoms with Gasteiger partial charge >= 0.3 is 0 Å². The Bertz CT molecular complexity index is 660. The molecule has 1 unspecified atom stereocenters. The molecule has 2 rings (SSSR count). The van der Waals surface area contributed by atoms with Crippen LogP contribution < -0.4 is 10.6 Å². The summed E-state index contributed by atoms with van der Waals surface area (Å²) in [7, 11) is 5.99. The fourth-order valence-electron chi connectivity index (χ4n) is 2.44. The number of rotatable bonds is 6. The molecule has 1 heterocycles. The summed E-state index contributed by atoms with van der Waals surface area (Å²) in [6, 6.07) is 8.98. The van der Waals surface area contributed by atoms with Crippen LogP contribution in [0.25, 0.3) is 0 Å². The molecule has 0 saturated heterocycles. The highest BCUT2D eigenvalue weighted by Crippen LogP contribution is 2.18. The summed E-state index contributed by atoms with van der Waals surface area (Å²) < 4.78 is 0. The second-order valence-corrected chi connectivity index (χ2v) is 7.38. The molecule has 1 aromatic carbocycles. The van der Waals surface area contributed by atoms with E-state index in [0.29, 0.717) is 6.54 Å². The van der Waals surface area contributed by atoms with Crippen LogP contribution in [0.4, 0.5) is 0 Å². The van der Waals surface area contributed by atoms with Crippen molar-refractivity contribution < 1.29 is 0 Å². The molecule has 0 aliphatic carbocycles. The van der Waals surface area contributed by atoms with Gasteiger partial charge in [-0.1, -0.05) is 29.8 Å². The summed E-state index contributed by atoms with van der Waals surface area (Å²) in [5.74, 6) is 0.793. The van der Waals surface area contributed by atoms with E-state index in [2.05, 4.69) is 77.7 Å². The van der Waals surface area contributed by atoms with Gasteiger partial charge in [0.25, 0.3) is 0 Å².